The molecule has 1 unspecified atom stereocenters. The highest BCUT2D eigenvalue weighted by Crippen LogP contribution is 2.41. The number of hydrogen-bond donors (Lipinski definition) is 2. The zero-order valence-electron chi connectivity index (χ0n) is 20.8. The van der Waals surface area contributed by atoms with Gasteiger partial charge in [-0.1, -0.05) is 12.1 Å². The summed E-state index contributed by atoms with van der Waals surface area (Å²) >= 11 is 0. The van der Waals surface area contributed by atoms with Gasteiger partial charge < -0.3 is 15.0 Å². The fourth-order valence-corrected chi connectivity index (χ4v) is 4.53. The second-order valence-electron chi connectivity index (χ2n) is 9.52. The SMILES string of the molecule is CC(C)Oc1ccc(C(F)(F)C(=O)NCc2ccc3c(c2)CN(C2CCC(=O)NC2=O)C3=O)c(C(F)(F)F)c1. The summed E-state index contributed by atoms with van der Waals surface area (Å²) in [5, 5.41) is 4.15. The van der Waals surface area contributed by atoms with Gasteiger partial charge in [0.1, 0.15) is 11.8 Å². The first kappa shape index (κ1) is 28.0. The topological polar surface area (TPSA) is 105 Å². The number of imide groups is 1. The van der Waals surface area contributed by atoms with Crippen LogP contribution in [0, 0.1) is 0 Å². The van der Waals surface area contributed by atoms with Crippen LogP contribution in [-0.4, -0.2) is 40.7 Å². The van der Waals surface area contributed by atoms with Crippen molar-refractivity contribution in [3.63, 3.8) is 0 Å². The number of carbonyl (C=O) groups excluding carboxylic acids is 4. The summed E-state index contributed by atoms with van der Waals surface area (Å²) in [6.45, 7) is 2.69. The molecule has 2 N–H and O–H groups in total. The molecule has 4 amide bonds. The minimum atomic E-state index is -5.17. The predicted molar refractivity (Wildman–Crippen MR) is 125 cm³/mol. The molecular weight excluding hydrogens is 529 g/mol. The Morgan fingerprint density at radius 1 is 1.08 bits per heavy atom. The van der Waals surface area contributed by atoms with Crippen LogP contribution in [0.5, 0.6) is 5.75 Å². The summed E-state index contributed by atoms with van der Waals surface area (Å²) in [4.78, 5) is 50.0. The van der Waals surface area contributed by atoms with E-state index in [4.69, 9.17) is 4.74 Å². The van der Waals surface area contributed by atoms with E-state index in [1.165, 1.54) is 23.1 Å². The van der Waals surface area contributed by atoms with Gasteiger partial charge in [-0.05, 0) is 55.7 Å². The number of nitrogens with one attached hydrogen (secondary N) is 2. The maximum Gasteiger partial charge on any atom is 0.417 e. The summed E-state index contributed by atoms with van der Waals surface area (Å²) < 4.78 is 75.9. The van der Waals surface area contributed by atoms with Crippen LogP contribution in [0.3, 0.4) is 0 Å². The van der Waals surface area contributed by atoms with Crippen LogP contribution >= 0.6 is 0 Å². The Kier molecular flexibility index (Phi) is 7.37. The van der Waals surface area contributed by atoms with Gasteiger partial charge in [0.2, 0.25) is 11.8 Å². The molecule has 1 saturated heterocycles. The molecule has 0 radical (unpaired) electrons. The second-order valence-corrected chi connectivity index (χ2v) is 9.52. The first-order valence-corrected chi connectivity index (χ1v) is 12.0. The molecule has 0 spiro atoms. The van der Waals surface area contributed by atoms with Crippen LogP contribution in [0.15, 0.2) is 36.4 Å². The quantitative estimate of drug-likeness (QED) is 0.402. The number of fused-ring (bicyclic) bond motifs is 1. The zero-order chi connectivity index (χ0) is 28.7. The number of alkyl halides is 5. The normalized spacial score (nSPS) is 17.8. The molecule has 1 fully saturated rings. The Labute approximate surface area is 219 Å². The van der Waals surface area contributed by atoms with Gasteiger partial charge in [-0.15, -0.1) is 0 Å². The number of benzene rings is 2. The number of halogens is 5. The van der Waals surface area contributed by atoms with Crippen LogP contribution in [-0.2, 0) is 39.6 Å². The van der Waals surface area contributed by atoms with Crippen LogP contribution in [0.4, 0.5) is 22.0 Å². The molecule has 0 aliphatic carbocycles. The summed E-state index contributed by atoms with van der Waals surface area (Å²) in [6.07, 6.45) is -5.44. The molecule has 2 heterocycles. The zero-order valence-corrected chi connectivity index (χ0v) is 20.8. The molecule has 208 valence electrons. The Balaban J connectivity index is 1.48. The molecule has 39 heavy (non-hydrogen) atoms. The third-order valence-corrected chi connectivity index (χ3v) is 6.33. The lowest BCUT2D eigenvalue weighted by molar-refractivity contribution is -0.153. The number of hydrogen-bond acceptors (Lipinski definition) is 5. The van der Waals surface area contributed by atoms with E-state index in [1.807, 2.05) is 5.32 Å². The van der Waals surface area contributed by atoms with E-state index in [-0.39, 0.29) is 30.7 Å². The number of rotatable bonds is 7. The largest absolute Gasteiger partial charge is 0.491 e. The standard InChI is InChI=1S/C26H24F5N3O5/c1-13(2)39-16-4-6-18(19(10-16)26(29,30)31)25(27,28)24(38)32-11-14-3-5-17-15(9-14)12-34(23(17)37)20-7-8-21(35)33-22(20)36/h3-6,9-10,13,20H,7-8,11-12H2,1-2H3,(H,32,38)(H,33,35,36). The van der Waals surface area contributed by atoms with Crippen molar-refractivity contribution in [2.24, 2.45) is 0 Å². The number of carbonyl (C=O) groups is 4. The summed E-state index contributed by atoms with van der Waals surface area (Å²) in [6, 6.07) is 5.35. The molecule has 0 bridgehead atoms. The summed E-state index contributed by atoms with van der Waals surface area (Å²) in [5.41, 5.74) is -2.14. The molecule has 2 aliphatic rings. The van der Waals surface area contributed by atoms with E-state index in [0.29, 0.717) is 23.3 Å². The van der Waals surface area contributed by atoms with Crippen molar-refractivity contribution in [2.75, 3.05) is 0 Å². The Hall–Kier alpha value is -4.03. The Morgan fingerprint density at radius 3 is 2.44 bits per heavy atom. The number of ether oxygens (including phenoxy) is 1. The summed E-state index contributed by atoms with van der Waals surface area (Å²) in [5.74, 6) is -8.19. The molecule has 2 aromatic rings. The van der Waals surface area contributed by atoms with Crippen molar-refractivity contribution >= 4 is 23.6 Å². The van der Waals surface area contributed by atoms with E-state index in [0.717, 1.165) is 6.07 Å². The second kappa shape index (κ2) is 10.3. The molecule has 0 aromatic heterocycles. The van der Waals surface area contributed by atoms with Gasteiger partial charge in [0.05, 0.1) is 11.7 Å². The number of piperidine rings is 1. The molecule has 2 aromatic carbocycles. The molecule has 13 heteroatoms. The minimum Gasteiger partial charge on any atom is -0.491 e. The smallest absolute Gasteiger partial charge is 0.417 e. The predicted octanol–water partition coefficient (Wildman–Crippen LogP) is 3.66. The van der Waals surface area contributed by atoms with E-state index in [2.05, 4.69) is 5.32 Å². The minimum absolute atomic E-state index is 0.0259. The van der Waals surface area contributed by atoms with Crippen LogP contribution < -0.4 is 15.4 Å². The van der Waals surface area contributed by atoms with E-state index in [1.54, 1.807) is 13.8 Å². The number of amides is 4. The van der Waals surface area contributed by atoms with Gasteiger partial charge in [-0.2, -0.15) is 22.0 Å². The number of nitrogens with zero attached hydrogens (tertiary/aromatic N) is 1. The van der Waals surface area contributed by atoms with Crippen molar-refractivity contribution < 1.29 is 45.9 Å². The van der Waals surface area contributed by atoms with Gasteiger partial charge in [0.25, 0.3) is 11.8 Å². The highest BCUT2D eigenvalue weighted by Gasteiger charge is 2.48. The molecule has 1 atom stereocenters. The molecule has 0 saturated carbocycles. The van der Waals surface area contributed by atoms with Gasteiger partial charge >= 0.3 is 12.1 Å². The highest BCUT2D eigenvalue weighted by atomic mass is 19.4. The Bertz CT molecular complexity index is 1340. The maximum absolute atomic E-state index is 15.0. The van der Waals surface area contributed by atoms with E-state index >= 15 is 0 Å². The fraction of sp³-hybridized carbons (Fsp3) is 0.385. The third-order valence-electron chi connectivity index (χ3n) is 6.33. The average Bonchev–Trinajstić information content (AvgIpc) is 3.16. The third kappa shape index (κ3) is 5.71. The van der Waals surface area contributed by atoms with Crippen molar-refractivity contribution in [3.8, 4) is 5.75 Å². The van der Waals surface area contributed by atoms with Crippen molar-refractivity contribution in [1.82, 2.24) is 15.5 Å². The maximum atomic E-state index is 15.0. The monoisotopic (exact) mass is 553 g/mol. The summed E-state index contributed by atoms with van der Waals surface area (Å²) in [7, 11) is 0. The van der Waals surface area contributed by atoms with E-state index < -0.39 is 65.5 Å². The average molecular weight is 553 g/mol. The first-order chi connectivity index (χ1) is 18.2. The van der Waals surface area contributed by atoms with Crippen LogP contribution in [0.2, 0.25) is 0 Å². The lowest BCUT2D eigenvalue weighted by Crippen LogP contribution is -2.52. The van der Waals surface area contributed by atoms with Crippen molar-refractivity contribution in [3.05, 3.63) is 64.2 Å². The lowest BCUT2D eigenvalue weighted by Gasteiger charge is -2.29. The van der Waals surface area contributed by atoms with E-state index in [9.17, 15) is 41.1 Å². The molecular formula is C26H24F5N3O5. The van der Waals surface area contributed by atoms with Crippen molar-refractivity contribution in [2.45, 2.75) is 64.0 Å². The molecule has 2 aliphatic heterocycles. The van der Waals surface area contributed by atoms with Gasteiger partial charge in [0.15, 0.2) is 0 Å². The lowest BCUT2D eigenvalue weighted by atomic mass is 9.99. The van der Waals surface area contributed by atoms with Crippen LogP contribution in [0.1, 0.15) is 59.3 Å². The van der Waals surface area contributed by atoms with Gasteiger partial charge in [-0.25, -0.2) is 0 Å². The fourth-order valence-electron chi connectivity index (χ4n) is 4.53. The molecule has 4 rings (SSSR count). The van der Waals surface area contributed by atoms with Gasteiger partial charge in [-0.3, -0.25) is 24.5 Å². The highest BCUT2D eigenvalue weighted by molar-refractivity contribution is 6.05. The van der Waals surface area contributed by atoms with Crippen LogP contribution in [0.25, 0.3) is 0 Å². The Morgan fingerprint density at radius 2 is 1.79 bits per heavy atom. The molecule has 8 nitrogen and oxygen atoms in total. The first-order valence-electron chi connectivity index (χ1n) is 12.0. The van der Waals surface area contributed by atoms with Gasteiger partial charge in [0, 0.05) is 30.6 Å². The van der Waals surface area contributed by atoms with Crippen molar-refractivity contribution in [1.29, 1.82) is 0 Å².